The maximum absolute atomic E-state index is 12.3. The standard InChI is InChI=1S/C18H22N2O2/c1-4-12-18(14(2)3,16-11-8-13-22-16)20-19-17(21)15-9-6-5-7-10-15/h4-11,13-14,20H,1,12H2,2-3H3,(H,19,21)/t18-/m0/s1. The summed E-state index contributed by atoms with van der Waals surface area (Å²) < 4.78 is 5.59. The van der Waals surface area contributed by atoms with Crippen LogP contribution in [0.4, 0.5) is 0 Å². The van der Waals surface area contributed by atoms with E-state index in [9.17, 15) is 4.79 Å². The molecule has 22 heavy (non-hydrogen) atoms. The second kappa shape index (κ2) is 7.09. The highest BCUT2D eigenvalue weighted by atomic mass is 16.3. The minimum atomic E-state index is -0.532. The van der Waals surface area contributed by atoms with E-state index in [1.54, 1.807) is 18.4 Å². The quantitative estimate of drug-likeness (QED) is 0.606. The number of carbonyl (C=O) groups is 1. The molecule has 4 heteroatoms. The highest BCUT2D eigenvalue weighted by Crippen LogP contribution is 2.33. The van der Waals surface area contributed by atoms with E-state index in [0.717, 1.165) is 5.76 Å². The van der Waals surface area contributed by atoms with Crippen molar-refractivity contribution in [3.8, 4) is 0 Å². The van der Waals surface area contributed by atoms with Crippen molar-refractivity contribution in [3.05, 3.63) is 72.7 Å². The van der Waals surface area contributed by atoms with Crippen LogP contribution in [-0.4, -0.2) is 5.91 Å². The lowest BCUT2D eigenvalue weighted by atomic mass is 9.81. The summed E-state index contributed by atoms with van der Waals surface area (Å²) in [6, 6.07) is 12.8. The van der Waals surface area contributed by atoms with Gasteiger partial charge in [0.1, 0.15) is 11.3 Å². The molecule has 116 valence electrons. The fraction of sp³-hybridized carbons (Fsp3) is 0.278. The van der Waals surface area contributed by atoms with Crippen LogP contribution in [0.5, 0.6) is 0 Å². The van der Waals surface area contributed by atoms with E-state index >= 15 is 0 Å². The predicted molar refractivity (Wildman–Crippen MR) is 87.1 cm³/mol. The molecule has 0 fully saturated rings. The van der Waals surface area contributed by atoms with Crippen molar-refractivity contribution < 1.29 is 9.21 Å². The van der Waals surface area contributed by atoms with Gasteiger partial charge in [-0.3, -0.25) is 10.2 Å². The highest BCUT2D eigenvalue weighted by Gasteiger charge is 2.37. The molecule has 1 aromatic carbocycles. The van der Waals surface area contributed by atoms with Gasteiger partial charge >= 0.3 is 0 Å². The minimum absolute atomic E-state index is 0.179. The third kappa shape index (κ3) is 3.28. The van der Waals surface area contributed by atoms with Gasteiger partial charge in [0.05, 0.1) is 6.26 Å². The summed E-state index contributed by atoms with van der Waals surface area (Å²) in [6.45, 7) is 7.98. The number of nitrogens with one attached hydrogen (secondary N) is 2. The molecule has 0 saturated carbocycles. The van der Waals surface area contributed by atoms with Crippen molar-refractivity contribution in [1.82, 2.24) is 10.9 Å². The van der Waals surface area contributed by atoms with Gasteiger partial charge in [-0.2, -0.15) is 0 Å². The number of furan rings is 1. The number of carbonyl (C=O) groups excluding carboxylic acids is 1. The number of hydrogen-bond donors (Lipinski definition) is 2. The molecule has 2 N–H and O–H groups in total. The molecule has 0 spiro atoms. The van der Waals surface area contributed by atoms with E-state index < -0.39 is 5.54 Å². The Kier molecular flexibility index (Phi) is 5.17. The molecule has 0 aliphatic carbocycles. The second-order valence-electron chi connectivity index (χ2n) is 5.54. The lowest BCUT2D eigenvalue weighted by Gasteiger charge is -2.36. The summed E-state index contributed by atoms with van der Waals surface area (Å²) in [5.74, 6) is 0.782. The van der Waals surface area contributed by atoms with Crippen molar-refractivity contribution in [2.75, 3.05) is 0 Å². The van der Waals surface area contributed by atoms with Gasteiger partial charge in [0.25, 0.3) is 5.91 Å². The summed E-state index contributed by atoms with van der Waals surface area (Å²) in [5, 5.41) is 0. The summed E-state index contributed by atoms with van der Waals surface area (Å²) >= 11 is 0. The molecular weight excluding hydrogens is 276 g/mol. The molecule has 1 amide bonds. The van der Waals surface area contributed by atoms with Crippen LogP contribution in [0.2, 0.25) is 0 Å². The van der Waals surface area contributed by atoms with Crippen LogP contribution in [0.25, 0.3) is 0 Å². The van der Waals surface area contributed by atoms with Crippen LogP contribution in [0.15, 0.2) is 65.8 Å². The fourth-order valence-corrected chi connectivity index (χ4v) is 2.47. The number of benzene rings is 1. The van der Waals surface area contributed by atoms with Gasteiger partial charge in [0, 0.05) is 5.56 Å². The highest BCUT2D eigenvalue weighted by molar-refractivity contribution is 5.93. The van der Waals surface area contributed by atoms with Crippen molar-refractivity contribution in [3.63, 3.8) is 0 Å². The van der Waals surface area contributed by atoms with Crippen molar-refractivity contribution in [2.24, 2.45) is 5.92 Å². The fourth-order valence-electron chi connectivity index (χ4n) is 2.47. The van der Waals surface area contributed by atoms with Crippen LogP contribution in [-0.2, 0) is 5.54 Å². The molecule has 0 saturated heterocycles. The Hall–Kier alpha value is -2.33. The molecule has 1 atom stereocenters. The van der Waals surface area contributed by atoms with Gasteiger partial charge in [0.2, 0.25) is 0 Å². The molecular formula is C18H22N2O2. The van der Waals surface area contributed by atoms with Gasteiger partial charge in [-0.1, -0.05) is 38.1 Å². The van der Waals surface area contributed by atoms with E-state index in [0.29, 0.717) is 12.0 Å². The first-order valence-corrected chi connectivity index (χ1v) is 7.37. The number of hydrogen-bond acceptors (Lipinski definition) is 3. The Morgan fingerprint density at radius 3 is 2.55 bits per heavy atom. The maximum atomic E-state index is 12.3. The lowest BCUT2D eigenvalue weighted by molar-refractivity contribution is 0.0862. The van der Waals surface area contributed by atoms with E-state index in [2.05, 4.69) is 31.3 Å². The van der Waals surface area contributed by atoms with Gasteiger partial charge in [-0.25, -0.2) is 5.43 Å². The topological polar surface area (TPSA) is 54.3 Å². The van der Waals surface area contributed by atoms with E-state index in [4.69, 9.17) is 4.42 Å². The van der Waals surface area contributed by atoms with Gasteiger partial charge in [-0.15, -0.1) is 6.58 Å². The Labute approximate surface area is 131 Å². The maximum Gasteiger partial charge on any atom is 0.265 e. The lowest BCUT2D eigenvalue weighted by Crippen LogP contribution is -2.54. The van der Waals surface area contributed by atoms with Crippen LogP contribution >= 0.6 is 0 Å². The molecule has 1 aromatic heterocycles. The molecule has 1 heterocycles. The molecule has 0 radical (unpaired) electrons. The molecule has 0 unspecified atom stereocenters. The van der Waals surface area contributed by atoms with Crippen LogP contribution in [0.1, 0.15) is 36.4 Å². The summed E-state index contributed by atoms with van der Waals surface area (Å²) in [5.41, 5.74) is 6.04. The minimum Gasteiger partial charge on any atom is -0.467 e. The van der Waals surface area contributed by atoms with E-state index in [-0.39, 0.29) is 11.8 Å². The molecule has 0 aliphatic rings. The van der Waals surface area contributed by atoms with Crippen LogP contribution in [0, 0.1) is 5.92 Å². The summed E-state index contributed by atoms with van der Waals surface area (Å²) in [4.78, 5) is 12.3. The molecule has 2 rings (SSSR count). The smallest absolute Gasteiger partial charge is 0.265 e. The van der Waals surface area contributed by atoms with Gasteiger partial charge in [0.15, 0.2) is 0 Å². The van der Waals surface area contributed by atoms with Crippen molar-refractivity contribution in [2.45, 2.75) is 25.8 Å². The number of amides is 1. The van der Waals surface area contributed by atoms with E-state index in [1.165, 1.54) is 0 Å². The molecule has 2 aromatic rings. The SMILES string of the molecule is C=CC[C@@](NNC(=O)c1ccccc1)(c1ccco1)C(C)C. The van der Waals surface area contributed by atoms with Crippen molar-refractivity contribution in [1.29, 1.82) is 0 Å². The van der Waals surface area contributed by atoms with E-state index in [1.807, 2.05) is 36.4 Å². The number of rotatable bonds is 7. The second-order valence-corrected chi connectivity index (χ2v) is 5.54. The average Bonchev–Trinajstić information content (AvgIpc) is 3.06. The summed E-state index contributed by atoms with van der Waals surface area (Å²) in [6.07, 6.45) is 4.09. The largest absolute Gasteiger partial charge is 0.467 e. The van der Waals surface area contributed by atoms with Gasteiger partial charge in [-0.05, 0) is 36.6 Å². The molecule has 4 nitrogen and oxygen atoms in total. The third-order valence-corrected chi connectivity index (χ3v) is 3.85. The first-order chi connectivity index (χ1) is 10.6. The van der Waals surface area contributed by atoms with Crippen LogP contribution in [0.3, 0.4) is 0 Å². The predicted octanol–water partition coefficient (Wildman–Crippen LogP) is 3.64. The number of hydrazine groups is 1. The average molecular weight is 298 g/mol. The summed E-state index contributed by atoms with van der Waals surface area (Å²) in [7, 11) is 0. The molecule has 0 aliphatic heterocycles. The van der Waals surface area contributed by atoms with Gasteiger partial charge < -0.3 is 4.42 Å². The zero-order chi connectivity index (χ0) is 16.0. The third-order valence-electron chi connectivity index (χ3n) is 3.85. The Bertz CT molecular complexity index is 605. The van der Waals surface area contributed by atoms with Crippen LogP contribution < -0.4 is 10.9 Å². The monoisotopic (exact) mass is 298 g/mol. The molecule has 0 bridgehead atoms. The van der Waals surface area contributed by atoms with Crippen molar-refractivity contribution >= 4 is 5.91 Å². The normalized spacial score (nSPS) is 13.6. The Morgan fingerprint density at radius 1 is 1.27 bits per heavy atom. The zero-order valence-electron chi connectivity index (χ0n) is 13.0. The zero-order valence-corrected chi connectivity index (χ0v) is 13.0. The Morgan fingerprint density at radius 2 is 2.00 bits per heavy atom. The first kappa shape index (κ1) is 16.0. The Balaban J connectivity index is 2.20. The first-order valence-electron chi connectivity index (χ1n) is 7.37.